The number of rotatable bonds is 6. The standard InChI is InChI=1S/C20H28N4O3/c1-12(2)10-23(19(26)15-9-7-6-8-14(15)5)16-17(21)24(11-13(3)4)20(27)22-18(16)25/h6-9,12-13H,10-11,21H2,1-5H3,(H,22,25,27). The van der Waals surface area contributed by atoms with Gasteiger partial charge in [-0.05, 0) is 30.4 Å². The highest BCUT2D eigenvalue weighted by molar-refractivity contribution is 6.08. The van der Waals surface area contributed by atoms with Gasteiger partial charge in [0, 0.05) is 18.7 Å². The Kier molecular flexibility index (Phi) is 6.25. The molecule has 27 heavy (non-hydrogen) atoms. The number of H-pyrrole nitrogens is 1. The maximum atomic E-state index is 13.3. The molecule has 0 bridgehead atoms. The summed E-state index contributed by atoms with van der Waals surface area (Å²) >= 11 is 0. The van der Waals surface area contributed by atoms with Gasteiger partial charge in [0.1, 0.15) is 5.82 Å². The average molecular weight is 372 g/mol. The molecular formula is C20H28N4O3. The fourth-order valence-corrected chi connectivity index (χ4v) is 2.98. The molecule has 0 atom stereocenters. The predicted molar refractivity (Wildman–Crippen MR) is 108 cm³/mol. The Balaban J connectivity index is 2.67. The fraction of sp³-hybridized carbons (Fsp3) is 0.450. The first-order valence-electron chi connectivity index (χ1n) is 9.13. The van der Waals surface area contributed by atoms with Crippen LogP contribution in [0.25, 0.3) is 0 Å². The summed E-state index contributed by atoms with van der Waals surface area (Å²) < 4.78 is 1.32. The molecule has 2 rings (SSSR count). The Morgan fingerprint density at radius 3 is 2.33 bits per heavy atom. The maximum Gasteiger partial charge on any atom is 0.330 e. The largest absolute Gasteiger partial charge is 0.383 e. The number of aryl methyl sites for hydroxylation is 1. The van der Waals surface area contributed by atoms with Crippen LogP contribution in [-0.4, -0.2) is 22.0 Å². The molecule has 0 radical (unpaired) electrons. The normalized spacial score (nSPS) is 11.2. The van der Waals surface area contributed by atoms with E-state index in [0.717, 1.165) is 5.56 Å². The highest BCUT2D eigenvalue weighted by Gasteiger charge is 2.26. The average Bonchev–Trinajstić information content (AvgIpc) is 2.57. The Morgan fingerprint density at radius 1 is 1.15 bits per heavy atom. The van der Waals surface area contributed by atoms with Crippen molar-refractivity contribution in [2.75, 3.05) is 17.2 Å². The molecule has 0 aliphatic rings. The zero-order valence-corrected chi connectivity index (χ0v) is 16.6. The Bertz CT molecular complexity index is 941. The van der Waals surface area contributed by atoms with Crippen molar-refractivity contribution in [1.29, 1.82) is 0 Å². The number of nitrogens with two attached hydrogens (primary N) is 1. The number of nitrogens with zero attached hydrogens (tertiary/aromatic N) is 2. The first-order valence-corrected chi connectivity index (χ1v) is 9.13. The quantitative estimate of drug-likeness (QED) is 0.813. The van der Waals surface area contributed by atoms with Gasteiger partial charge in [-0.3, -0.25) is 19.1 Å². The van der Waals surface area contributed by atoms with Crippen molar-refractivity contribution >= 4 is 17.4 Å². The number of benzene rings is 1. The number of amides is 1. The molecule has 1 amide bonds. The van der Waals surface area contributed by atoms with Crippen molar-refractivity contribution in [3.8, 4) is 0 Å². The van der Waals surface area contributed by atoms with Crippen molar-refractivity contribution in [3.05, 3.63) is 56.2 Å². The van der Waals surface area contributed by atoms with Crippen LogP contribution in [0.15, 0.2) is 33.9 Å². The van der Waals surface area contributed by atoms with Crippen LogP contribution >= 0.6 is 0 Å². The minimum absolute atomic E-state index is 0.0139. The van der Waals surface area contributed by atoms with Gasteiger partial charge in [0.25, 0.3) is 11.5 Å². The van der Waals surface area contributed by atoms with E-state index in [1.165, 1.54) is 9.47 Å². The monoisotopic (exact) mass is 372 g/mol. The minimum Gasteiger partial charge on any atom is -0.383 e. The second-order valence-corrected chi connectivity index (χ2v) is 7.62. The third kappa shape index (κ3) is 4.48. The highest BCUT2D eigenvalue weighted by Crippen LogP contribution is 2.22. The number of nitrogens with one attached hydrogen (secondary N) is 1. The number of carbonyl (C=O) groups excluding carboxylic acids is 1. The Labute approximate surface area is 158 Å². The van der Waals surface area contributed by atoms with E-state index in [9.17, 15) is 14.4 Å². The van der Waals surface area contributed by atoms with Crippen LogP contribution in [0.5, 0.6) is 0 Å². The number of hydrogen-bond acceptors (Lipinski definition) is 4. The lowest BCUT2D eigenvalue weighted by atomic mass is 10.1. The van der Waals surface area contributed by atoms with E-state index in [1.807, 2.05) is 46.8 Å². The van der Waals surface area contributed by atoms with E-state index < -0.39 is 11.2 Å². The summed E-state index contributed by atoms with van der Waals surface area (Å²) in [7, 11) is 0. The van der Waals surface area contributed by atoms with Gasteiger partial charge < -0.3 is 10.6 Å². The molecule has 0 spiro atoms. The van der Waals surface area contributed by atoms with E-state index in [1.54, 1.807) is 12.1 Å². The Morgan fingerprint density at radius 2 is 1.78 bits per heavy atom. The number of anilines is 2. The number of nitrogen functional groups attached to an aromatic ring is 1. The number of hydrogen-bond donors (Lipinski definition) is 2. The SMILES string of the molecule is Cc1ccccc1C(=O)N(CC(C)C)c1c(N)n(CC(C)C)c(=O)[nH]c1=O. The molecule has 1 aromatic carbocycles. The lowest BCUT2D eigenvalue weighted by Gasteiger charge is -2.27. The molecule has 7 nitrogen and oxygen atoms in total. The van der Waals surface area contributed by atoms with Crippen LogP contribution in [0.1, 0.15) is 43.6 Å². The van der Waals surface area contributed by atoms with Crippen molar-refractivity contribution in [1.82, 2.24) is 9.55 Å². The third-order valence-electron chi connectivity index (χ3n) is 4.20. The molecular weight excluding hydrogens is 344 g/mol. The van der Waals surface area contributed by atoms with Gasteiger partial charge in [-0.1, -0.05) is 45.9 Å². The Hall–Kier alpha value is -2.83. The van der Waals surface area contributed by atoms with E-state index in [-0.39, 0.29) is 29.2 Å². The van der Waals surface area contributed by atoms with Crippen LogP contribution in [0.2, 0.25) is 0 Å². The van der Waals surface area contributed by atoms with Gasteiger partial charge in [-0.25, -0.2) is 4.79 Å². The van der Waals surface area contributed by atoms with Gasteiger partial charge in [-0.15, -0.1) is 0 Å². The molecule has 0 saturated carbocycles. The second-order valence-electron chi connectivity index (χ2n) is 7.62. The van der Waals surface area contributed by atoms with Crippen LogP contribution in [0, 0.1) is 18.8 Å². The summed E-state index contributed by atoms with van der Waals surface area (Å²) in [6.07, 6.45) is 0. The van der Waals surface area contributed by atoms with Crippen molar-refractivity contribution in [2.24, 2.45) is 11.8 Å². The fourth-order valence-electron chi connectivity index (χ4n) is 2.98. The van der Waals surface area contributed by atoms with Gasteiger partial charge in [0.05, 0.1) is 0 Å². The summed E-state index contributed by atoms with van der Waals surface area (Å²) in [5, 5.41) is 0. The first kappa shape index (κ1) is 20.5. The van der Waals surface area contributed by atoms with Crippen LogP contribution in [-0.2, 0) is 6.54 Å². The lowest BCUT2D eigenvalue weighted by Crippen LogP contribution is -2.43. The molecule has 0 aliphatic carbocycles. The molecule has 146 valence electrons. The predicted octanol–water partition coefficient (Wildman–Crippen LogP) is 2.39. The summed E-state index contributed by atoms with van der Waals surface area (Å²) in [5.74, 6) is -0.0506. The third-order valence-corrected chi connectivity index (χ3v) is 4.20. The molecule has 0 fully saturated rings. The van der Waals surface area contributed by atoms with Gasteiger partial charge in [-0.2, -0.15) is 0 Å². The zero-order chi connectivity index (χ0) is 20.3. The molecule has 2 aromatic rings. The molecule has 0 aliphatic heterocycles. The molecule has 1 aromatic heterocycles. The molecule has 1 heterocycles. The molecule has 0 unspecified atom stereocenters. The summed E-state index contributed by atoms with van der Waals surface area (Å²) in [6.45, 7) is 10.3. The summed E-state index contributed by atoms with van der Waals surface area (Å²) in [4.78, 5) is 41.8. The summed E-state index contributed by atoms with van der Waals surface area (Å²) in [6, 6.07) is 7.19. The van der Waals surface area contributed by atoms with Crippen LogP contribution in [0.3, 0.4) is 0 Å². The molecule has 7 heteroatoms. The zero-order valence-electron chi connectivity index (χ0n) is 16.6. The van der Waals surface area contributed by atoms with Crippen LogP contribution < -0.4 is 21.9 Å². The van der Waals surface area contributed by atoms with E-state index >= 15 is 0 Å². The smallest absolute Gasteiger partial charge is 0.330 e. The van der Waals surface area contributed by atoms with E-state index in [0.29, 0.717) is 18.7 Å². The van der Waals surface area contributed by atoms with Gasteiger partial charge >= 0.3 is 5.69 Å². The van der Waals surface area contributed by atoms with Crippen LogP contribution in [0.4, 0.5) is 11.5 Å². The van der Waals surface area contributed by atoms with E-state index in [2.05, 4.69) is 4.98 Å². The lowest BCUT2D eigenvalue weighted by molar-refractivity contribution is 0.0983. The van der Waals surface area contributed by atoms with Crippen molar-refractivity contribution in [3.63, 3.8) is 0 Å². The van der Waals surface area contributed by atoms with Gasteiger partial charge in [0.15, 0.2) is 5.69 Å². The minimum atomic E-state index is -0.653. The molecule has 0 saturated heterocycles. The summed E-state index contributed by atoms with van der Waals surface area (Å²) in [5.41, 5.74) is 6.32. The van der Waals surface area contributed by atoms with E-state index in [4.69, 9.17) is 5.73 Å². The maximum absolute atomic E-state index is 13.3. The van der Waals surface area contributed by atoms with Crippen molar-refractivity contribution in [2.45, 2.75) is 41.2 Å². The van der Waals surface area contributed by atoms with Crippen molar-refractivity contribution < 1.29 is 4.79 Å². The molecule has 3 N–H and O–H groups in total. The number of carbonyl (C=O) groups is 1. The highest BCUT2D eigenvalue weighted by atomic mass is 16.2. The topological polar surface area (TPSA) is 101 Å². The number of aromatic nitrogens is 2. The van der Waals surface area contributed by atoms with Gasteiger partial charge in [0.2, 0.25) is 0 Å². The second kappa shape index (κ2) is 8.24. The first-order chi connectivity index (χ1) is 12.6. The number of aromatic amines is 1.